The Morgan fingerprint density at radius 1 is 1.08 bits per heavy atom. The lowest BCUT2D eigenvalue weighted by atomic mass is 9.96. The zero-order chi connectivity index (χ0) is 27.6. The van der Waals surface area contributed by atoms with E-state index in [0.29, 0.717) is 19.0 Å². The van der Waals surface area contributed by atoms with Crippen LogP contribution in [0, 0.1) is 0 Å². The van der Waals surface area contributed by atoms with Gasteiger partial charge in [0.05, 0.1) is 33.1 Å². The van der Waals surface area contributed by atoms with E-state index < -0.39 is 36.4 Å². The van der Waals surface area contributed by atoms with Crippen LogP contribution in [0.2, 0.25) is 0 Å². The normalized spacial score (nSPS) is 13.3. The molecular weight excluding hydrogens is 492 g/mol. The SMILES string of the molecule is CCOCc1cc(CN2CCn3c(CO)nnc3C2)ccc1OC.O=C(O)CC(O)(CC(=O)O)C(=O)O. The number of methoxy groups -OCH3 is 1. The molecule has 5 N–H and O–H groups in total. The van der Waals surface area contributed by atoms with Crippen molar-refractivity contribution in [2.75, 3.05) is 20.3 Å². The highest BCUT2D eigenvalue weighted by atomic mass is 16.5. The van der Waals surface area contributed by atoms with E-state index in [1.165, 1.54) is 5.56 Å². The van der Waals surface area contributed by atoms with Crippen molar-refractivity contribution in [3.05, 3.63) is 41.0 Å². The van der Waals surface area contributed by atoms with Crippen LogP contribution in [0.3, 0.4) is 0 Å². The van der Waals surface area contributed by atoms with Gasteiger partial charge in [0.2, 0.25) is 0 Å². The van der Waals surface area contributed by atoms with E-state index in [9.17, 15) is 19.5 Å². The Kier molecular flexibility index (Phi) is 10.9. The first-order chi connectivity index (χ1) is 17.5. The first-order valence-electron chi connectivity index (χ1n) is 11.4. The van der Waals surface area contributed by atoms with Crippen molar-refractivity contribution in [1.82, 2.24) is 19.7 Å². The number of aromatic nitrogens is 3. The van der Waals surface area contributed by atoms with Gasteiger partial charge in [0.15, 0.2) is 11.4 Å². The Balaban J connectivity index is 0.000000317. The lowest BCUT2D eigenvalue weighted by Crippen LogP contribution is -2.42. The van der Waals surface area contributed by atoms with Gasteiger partial charge < -0.3 is 39.6 Å². The highest BCUT2D eigenvalue weighted by Crippen LogP contribution is 2.23. The quantitative estimate of drug-likeness (QED) is 0.250. The number of carbonyl (C=O) groups is 3. The van der Waals surface area contributed by atoms with Gasteiger partial charge in [0.25, 0.3) is 0 Å². The molecule has 14 nitrogen and oxygen atoms in total. The van der Waals surface area contributed by atoms with Gasteiger partial charge >= 0.3 is 17.9 Å². The number of nitrogens with zero attached hydrogens (tertiary/aromatic N) is 4. The molecule has 14 heteroatoms. The van der Waals surface area contributed by atoms with E-state index in [0.717, 1.165) is 43.3 Å². The van der Waals surface area contributed by atoms with E-state index in [1.54, 1.807) is 7.11 Å². The van der Waals surface area contributed by atoms with E-state index >= 15 is 0 Å². The molecule has 0 radical (unpaired) electrons. The lowest BCUT2D eigenvalue weighted by molar-refractivity contribution is -0.170. The van der Waals surface area contributed by atoms with Crippen molar-refractivity contribution in [3.63, 3.8) is 0 Å². The first kappa shape index (κ1) is 29.6. The molecule has 0 atom stereocenters. The Morgan fingerprint density at radius 3 is 2.30 bits per heavy atom. The molecule has 0 amide bonds. The van der Waals surface area contributed by atoms with Crippen molar-refractivity contribution in [2.45, 2.75) is 58.2 Å². The molecule has 0 spiro atoms. The minimum Gasteiger partial charge on any atom is -0.496 e. The fourth-order valence-corrected chi connectivity index (χ4v) is 3.75. The van der Waals surface area contributed by atoms with Gasteiger partial charge in [0, 0.05) is 31.8 Å². The molecule has 0 unspecified atom stereocenters. The van der Waals surface area contributed by atoms with Gasteiger partial charge in [0.1, 0.15) is 18.2 Å². The summed E-state index contributed by atoms with van der Waals surface area (Å²) in [5.74, 6) is -2.60. The minimum atomic E-state index is -2.74. The van der Waals surface area contributed by atoms with Crippen LogP contribution in [0.15, 0.2) is 18.2 Å². The summed E-state index contributed by atoms with van der Waals surface area (Å²) in [6.45, 7) is 6.45. The van der Waals surface area contributed by atoms with Crippen LogP contribution >= 0.6 is 0 Å². The van der Waals surface area contributed by atoms with Crippen molar-refractivity contribution < 1.29 is 49.4 Å². The summed E-state index contributed by atoms with van der Waals surface area (Å²) in [4.78, 5) is 32.8. The maximum absolute atomic E-state index is 10.3. The summed E-state index contributed by atoms with van der Waals surface area (Å²) in [6, 6.07) is 6.24. The third-order valence-corrected chi connectivity index (χ3v) is 5.55. The molecule has 1 aliphatic rings. The summed E-state index contributed by atoms with van der Waals surface area (Å²) in [5, 5.41) is 51.3. The molecule has 0 saturated heterocycles. The molecular formula is C23H32N4O10. The fourth-order valence-electron chi connectivity index (χ4n) is 3.75. The molecule has 2 heterocycles. The van der Waals surface area contributed by atoms with Crippen LogP contribution < -0.4 is 4.74 Å². The number of aliphatic carboxylic acids is 3. The number of carboxylic acids is 3. The molecule has 3 rings (SSSR count). The fraction of sp³-hybridized carbons (Fsp3) is 0.522. The van der Waals surface area contributed by atoms with Crippen LogP contribution in [0.25, 0.3) is 0 Å². The number of rotatable bonds is 12. The molecule has 1 aromatic heterocycles. The van der Waals surface area contributed by atoms with Crippen LogP contribution in [-0.2, 0) is 52.0 Å². The molecule has 0 saturated carbocycles. The average Bonchev–Trinajstić information content (AvgIpc) is 3.24. The Morgan fingerprint density at radius 2 is 1.76 bits per heavy atom. The third-order valence-electron chi connectivity index (χ3n) is 5.55. The number of aliphatic hydroxyl groups excluding tert-OH is 1. The van der Waals surface area contributed by atoms with Gasteiger partial charge in [-0.25, -0.2) is 4.79 Å². The van der Waals surface area contributed by atoms with Crippen molar-refractivity contribution in [3.8, 4) is 5.75 Å². The van der Waals surface area contributed by atoms with E-state index in [1.807, 2.05) is 17.6 Å². The van der Waals surface area contributed by atoms with Gasteiger partial charge in [-0.2, -0.15) is 0 Å². The molecule has 1 aliphatic heterocycles. The molecule has 2 aromatic rings. The monoisotopic (exact) mass is 524 g/mol. The maximum Gasteiger partial charge on any atom is 0.336 e. The summed E-state index contributed by atoms with van der Waals surface area (Å²) >= 11 is 0. The lowest BCUT2D eigenvalue weighted by Gasteiger charge is -2.27. The highest BCUT2D eigenvalue weighted by molar-refractivity contribution is 5.88. The van der Waals surface area contributed by atoms with Crippen LogP contribution in [0.1, 0.15) is 42.5 Å². The first-order valence-corrected chi connectivity index (χ1v) is 11.4. The maximum atomic E-state index is 10.3. The molecule has 0 fully saturated rings. The van der Waals surface area contributed by atoms with Gasteiger partial charge in [-0.1, -0.05) is 6.07 Å². The molecule has 0 aliphatic carbocycles. The van der Waals surface area contributed by atoms with Crippen molar-refractivity contribution >= 4 is 17.9 Å². The largest absolute Gasteiger partial charge is 0.496 e. The third kappa shape index (κ3) is 8.49. The van der Waals surface area contributed by atoms with Gasteiger partial charge in [-0.3, -0.25) is 14.5 Å². The topological polar surface area (TPSA) is 205 Å². The Labute approximate surface area is 212 Å². The summed E-state index contributed by atoms with van der Waals surface area (Å²) in [5.41, 5.74) is -0.446. The summed E-state index contributed by atoms with van der Waals surface area (Å²) in [6.07, 6.45) is -2.29. The number of hydrogen-bond acceptors (Lipinski definition) is 10. The second-order valence-corrected chi connectivity index (χ2v) is 8.31. The number of aliphatic hydroxyl groups is 2. The molecule has 204 valence electrons. The van der Waals surface area contributed by atoms with E-state index in [-0.39, 0.29) is 6.61 Å². The molecule has 37 heavy (non-hydrogen) atoms. The van der Waals surface area contributed by atoms with Crippen molar-refractivity contribution in [2.24, 2.45) is 0 Å². The van der Waals surface area contributed by atoms with E-state index in [2.05, 4.69) is 27.2 Å². The minimum absolute atomic E-state index is 0.0632. The second kappa shape index (κ2) is 13.6. The summed E-state index contributed by atoms with van der Waals surface area (Å²) in [7, 11) is 1.68. The Bertz CT molecular complexity index is 1070. The summed E-state index contributed by atoms with van der Waals surface area (Å²) < 4.78 is 12.9. The predicted octanol–water partition coefficient (Wildman–Crippen LogP) is 0.0828. The van der Waals surface area contributed by atoms with Gasteiger partial charge in [-0.15, -0.1) is 10.2 Å². The number of fused-ring (bicyclic) bond motifs is 1. The van der Waals surface area contributed by atoms with E-state index in [4.69, 9.17) is 29.9 Å². The number of carboxylic acid groups (broad SMARTS) is 3. The van der Waals surface area contributed by atoms with Gasteiger partial charge in [-0.05, 0) is 24.6 Å². The number of ether oxygens (including phenoxy) is 2. The zero-order valence-electron chi connectivity index (χ0n) is 20.7. The van der Waals surface area contributed by atoms with Crippen LogP contribution in [0.5, 0.6) is 5.75 Å². The predicted molar refractivity (Wildman–Crippen MR) is 125 cm³/mol. The smallest absolute Gasteiger partial charge is 0.336 e. The Hall–Kier alpha value is -3.59. The standard InChI is InChI=1S/C17H24N4O3.C6H8O7/c1-3-24-12-14-8-13(4-5-15(14)23-2)9-20-6-7-21-16(10-20)18-19-17(21)11-22;7-3(8)1-6(13,5(11)12)2-4(9)10/h4-5,8,22H,3,6-7,9-12H2,1-2H3;13H,1-2H2,(H,7,8)(H,9,10)(H,11,12). The van der Waals surface area contributed by atoms with Crippen molar-refractivity contribution in [1.29, 1.82) is 0 Å². The number of benzene rings is 1. The number of hydrogen-bond donors (Lipinski definition) is 5. The molecule has 0 bridgehead atoms. The van der Waals surface area contributed by atoms with Crippen LogP contribution in [-0.4, -0.2) is 89.0 Å². The zero-order valence-corrected chi connectivity index (χ0v) is 20.7. The van der Waals surface area contributed by atoms with Crippen LogP contribution in [0.4, 0.5) is 0 Å². The molecule has 1 aromatic carbocycles. The second-order valence-electron chi connectivity index (χ2n) is 8.31. The highest BCUT2D eigenvalue weighted by Gasteiger charge is 2.40. The average molecular weight is 525 g/mol.